The maximum Gasteiger partial charge on any atom is 0.152 e. The van der Waals surface area contributed by atoms with E-state index in [1.54, 1.807) is 0 Å². The van der Waals surface area contributed by atoms with Crippen molar-refractivity contribution in [3.8, 4) is 23.0 Å². The van der Waals surface area contributed by atoms with Crippen molar-refractivity contribution >= 4 is 31.6 Å². The van der Waals surface area contributed by atoms with Gasteiger partial charge in [0.05, 0.1) is 4.90 Å². The molecule has 2 aliphatic heterocycles. The fourth-order valence-corrected chi connectivity index (χ4v) is 9.86. The lowest BCUT2D eigenvalue weighted by atomic mass is 10.1. The molecule has 1 unspecified atom stereocenters. The standard InChI is InChI=1S/C32H20O2S/c1-2-12-23(13-3-1)35-28-17-9-8-16-26(28)33-27-20-22-11-5-7-15-25(22)31(32(27)35)34-30-24-14-6-4-10-21(24)18-19-29(30)35/h1-20H. The molecule has 0 amide bonds. The Labute approximate surface area is 204 Å². The normalized spacial score (nSPS) is 19.0. The molecule has 2 heterocycles. The van der Waals surface area contributed by atoms with Crippen LogP contribution in [-0.2, 0) is 0 Å². The number of benzene rings is 6. The third-order valence-electron chi connectivity index (χ3n) is 7.10. The Balaban J connectivity index is 1.65. The van der Waals surface area contributed by atoms with Crippen LogP contribution in [0.4, 0.5) is 0 Å². The van der Waals surface area contributed by atoms with Crippen LogP contribution >= 0.6 is 10.0 Å². The van der Waals surface area contributed by atoms with Gasteiger partial charge in [-0.1, -0.05) is 84.9 Å². The smallest absolute Gasteiger partial charge is 0.152 e. The fraction of sp³-hybridized carbons (Fsp3) is 0. The van der Waals surface area contributed by atoms with Crippen LogP contribution in [0.25, 0.3) is 21.5 Å². The Morgan fingerprint density at radius 1 is 0.457 bits per heavy atom. The Kier molecular flexibility index (Phi) is 3.78. The van der Waals surface area contributed by atoms with E-state index < -0.39 is 10.0 Å². The first kappa shape index (κ1) is 19.1. The third kappa shape index (κ3) is 2.41. The van der Waals surface area contributed by atoms with E-state index >= 15 is 0 Å². The third-order valence-corrected chi connectivity index (χ3v) is 11.1. The summed E-state index contributed by atoms with van der Waals surface area (Å²) in [7, 11) is -1.87. The van der Waals surface area contributed by atoms with E-state index in [4.69, 9.17) is 9.47 Å². The molecule has 0 radical (unpaired) electrons. The van der Waals surface area contributed by atoms with Gasteiger partial charge in [0.2, 0.25) is 0 Å². The first-order valence-corrected chi connectivity index (χ1v) is 13.4. The summed E-state index contributed by atoms with van der Waals surface area (Å²) >= 11 is 0. The fourth-order valence-electron chi connectivity index (χ4n) is 5.65. The number of hydrogen-bond acceptors (Lipinski definition) is 2. The monoisotopic (exact) mass is 468 g/mol. The highest BCUT2D eigenvalue weighted by molar-refractivity contribution is 8.34. The number of para-hydroxylation sites is 1. The van der Waals surface area contributed by atoms with Crippen molar-refractivity contribution in [1.82, 2.24) is 0 Å². The summed E-state index contributed by atoms with van der Waals surface area (Å²) in [5.41, 5.74) is 0. The molecule has 8 rings (SSSR count). The second kappa shape index (κ2) is 6.91. The summed E-state index contributed by atoms with van der Waals surface area (Å²) in [6.45, 7) is 0. The zero-order valence-electron chi connectivity index (χ0n) is 18.8. The quantitative estimate of drug-likeness (QED) is 0.239. The van der Waals surface area contributed by atoms with Gasteiger partial charge in [0.15, 0.2) is 5.75 Å². The van der Waals surface area contributed by atoms with E-state index in [1.807, 2.05) is 0 Å². The average molecular weight is 469 g/mol. The summed E-state index contributed by atoms with van der Waals surface area (Å²) in [6, 6.07) is 43.1. The maximum absolute atomic E-state index is 6.95. The summed E-state index contributed by atoms with van der Waals surface area (Å²) in [4.78, 5) is 4.88. The Morgan fingerprint density at radius 3 is 2.00 bits per heavy atom. The molecule has 6 aromatic rings. The largest absolute Gasteiger partial charge is 0.455 e. The predicted octanol–water partition coefficient (Wildman–Crippen LogP) is 9.55. The van der Waals surface area contributed by atoms with Crippen LogP contribution in [0.1, 0.15) is 0 Å². The molecule has 2 nitrogen and oxygen atoms in total. The lowest BCUT2D eigenvalue weighted by Crippen LogP contribution is -2.17. The first-order chi connectivity index (χ1) is 17.4. The molecule has 0 bridgehead atoms. The first-order valence-electron chi connectivity index (χ1n) is 11.8. The van der Waals surface area contributed by atoms with Crippen LogP contribution in [0.15, 0.2) is 141 Å². The van der Waals surface area contributed by atoms with Gasteiger partial charge in [0, 0.05) is 25.5 Å². The van der Waals surface area contributed by atoms with Crippen LogP contribution < -0.4 is 9.47 Å². The van der Waals surface area contributed by atoms with E-state index in [2.05, 4.69) is 121 Å². The highest BCUT2D eigenvalue weighted by Crippen LogP contribution is 2.84. The molecule has 0 spiro atoms. The van der Waals surface area contributed by atoms with Crippen LogP contribution in [0.3, 0.4) is 0 Å². The molecule has 1 atom stereocenters. The highest BCUT2D eigenvalue weighted by Gasteiger charge is 2.48. The van der Waals surface area contributed by atoms with Crippen molar-refractivity contribution in [3.63, 3.8) is 0 Å². The van der Waals surface area contributed by atoms with Gasteiger partial charge in [-0.15, -0.1) is 10.0 Å². The van der Waals surface area contributed by atoms with Crippen molar-refractivity contribution in [2.75, 3.05) is 0 Å². The summed E-state index contributed by atoms with van der Waals surface area (Å²) in [6.07, 6.45) is 0. The van der Waals surface area contributed by atoms with Gasteiger partial charge in [-0.25, -0.2) is 0 Å². The zero-order chi connectivity index (χ0) is 23.0. The predicted molar refractivity (Wildman–Crippen MR) is 142 cm³/mol. The summed E-state index contributed by atoms with van der Waals surface area (Å²) in [5.74, 6) is 3.67. The lowest BCUT2D eigenvalue weighted by molar-refractivity contribution is 0.420. The second-order valence-corrected chi connectivity index (χ2v) is 11.9. The van der Waals surface area contributed by atoms with Crippen molar-refractivity contribution < 1.29 is 9.47 Å². The van der Waals surface area contributed by atoms with Gasteiger partial charge >= 0.3 is 0 Å². The van der Waals surface area contributed by atoms with Gasteiger partial charge in [0.1, 0.15) is 17.2 Å². The molecular weight excluding hydrogens is 448 g/mol. The molecule has 3 heteroatoms. The highest BCUT2D eigenvalue weighted by atomic mass is 32.3. The Morgan fingerprint density at radius 2 is 1.14 bits per heavy atom. The lowest BCUT2D eigenvalue weighted by Gasteiger charge is -2.49. The van der Waals surface area contributed by atoms with E-state index in [0.29, 0.717) is 0 Å². The molecule has 166 valence electrons. The molecule has 0 fully saturated rings. The zero-order valence-corrected chi connectivity index (χ0v) is 19.6. The van der Waals surface area contributed by atoms with Crippen LogP contribution in [0.2, 0.25) is 0 Å². The van der Waals surface area contributed by atoms with Gasteiger partial charge in [-0.2, -0.15) is 0 Å². The molecule has 0 aliphatic carbocycles. The van der Waals surface area contributed by atoms with Gasteiger partial charge in [0.25, 0.3) is 0 Å². The van der Waals surface area contributed by atoms with E-state index in [1.165, 1.54) is 20.1 Å². The summed E-state index contributed by atoms with van der Waals surface area (Å²) < 4.78 is 13.6. The number of rotatable bonds is 1. The average Bonchev–Trinajstić information content (AvgIpc) is 2.93. The number of fused-ring (bicyclic) bond motifs is 8. The van der Waals surface area contributed by atoms with E-state index in [-0.39, 0.29) is 0 Å². The molecule has 6 aromatic carbocycles. The molecule has 0 N–H and O–H groups in total. The Bertz CT molecular complexity index is 1810. The molecule has 0 saturated heterocycles. The van der Waals surface area contributed by atoms with E-state index in [9.17, 15) is 0 Å². The van der Waals surface area contributed by atoms with Crippen LogP contribution in [0, 0.1) is 0 Å². The van der Waals surface area contributed by atoms with Crippen molar-refractivity contribution in [3.05, 3.63) is 121 Å². The van der Waals surface area contributed by atoms with Crippen molar-refractivity contribution in [2.24, 2.45) is 0 Å². The van der Waals surface area contributed by atoms with Gasteiger partial charge in [-0.05, 0) is 47.2 Å². The van der Waals surface area contributed by atoms with Crippen LogP contribution in [-0.4, -0.2) is 0 Å². The molecular formula is C32H20O2S. The number of hydrogen-bond donors (Lipinski definition) is 0. The Hall–Kier alpha value is -4.21. The topological polar surface area (TPSA) is 18.5 Å². The molecule has 0 saturated carbocycles. The molecule has 2 aliphatic rings. The van der Waals surface area contributed by atoms with Gasteiger partial charge < -0.3 is 9.47 Å². The minimum atomic E-state index is -1.87. The molecule has 0 aromatic heterocycles. The minimum Gasteiger partial charge on any atom is -0.455 e. The second-order valence-electron chi connectivity index (χ2n) is 8.94. The summed E-state index contributed by atoms with van der Waals surface area (Å²) in [5, 5.41) is 4.54. The molecule has 35 heavy (non-hydrogen) atoms. The van der Waals surface area contributed by atoms with Crippen molar-refractivity contribution in [1.29, 1.82) is 0 Å². The number of ether oxygens (including phenoxy) is 2. The maximum atomic E-state index is 6.95. The SMILES string of the molecule is c1ccc(S23c4ccccc4Oc4cc5ccccc5c(c42)Oc2c3ccc3ccccc23)cc1. The van der Waals surface area contributed by atoms with Crippen LogP contribution in [0.5, 0.6) is 23.0 Å². The van der Waals surface area contributed by atoms with Gasteiger partial charge in [-0.3, -0.25) is 0 Å². The van der Waals surface area contributed by atoms with Crippen molar-refractivity contribution in [2.45, 2.75) is 19.6 Å². The minimum absolute atomic E-state index is 0.884. The van der Waals surface area contributed by atoms with E-state index in [0.717, 1.165) is 44.1 Å².